The highest BCUT2D eigenvalue weighted by molar-refractivity contribution is 7.92. The predicted octanol–water partition coefficient (Wildman–Crippen LogP) is 5.59. The van der Waals surface area contributed by atoms with Crippen LogP contribution < -0.4 is 9.62 Å². The first-order chi connectivity index (χ1) is 14.7. The van der Waals surface area contributed by atoms with Gasteiger partial charge in [0.1, 0.15) is 0 Å². The van der Waals surface area contributed by atoms with Crippen LogP contribution >= 0.6 is 11.6 Å². The molecule has 5 nitrogen and oxygen atoms in total. The summed E-state index contributed by atoms with van der Waals surface area (Å²) in [5.74, 6) is -0.482. The summed E-state index contributed by atoms with van der Waals surface area (Å²) in [4.78, 5) is 12.9. The molecule has 0 saturated carbocycles. The molecule has 0 unspecified atom stereocenters. The first-order valence-corrected chi connectivity index (χ1v) is 11.4. The summed E-state index contributed by atoms with van der Waals surface area (Å²) in [5, 5.41) is 2.97. The molecule has 0 atom stereocenters. The van der Waals surface area contributed by atoms with Gasteiger partial charge in [-0.05, 0) is 55.8 Å². The SMILES string of the molecule is C=CCN(c1ccccc1)S(=O)(=O)c1ccc(Cl)c(C(=O)Nc2ccc(C)cc2C)c1. The zero-order chi connectivity index (χ0) is 22.6. The van der Waals surface area contributed by atoms with E-state index in [0.29, 0.717) is 11.4 Å². The molecule has 1 amide bonds. The van der Waals surface area contributed by atoms with Gasteiger partial charge >= 0.3 is 0 Å². The predicted molar refractivity (Wildman–Crippen MR) is 126 cm³/mol. The fourth-order valence-electron chi connectivity index (χ4n) is 3.16. The van der Waals surface area contributed by atoms with Gasteiger partial charge in [-0.25, -0.2) is 8.42 Å². The van der Waals surface area contributed by atoms with Crippen LogP contribution in [0.15, 0.2) is 84.3 Å². The molecule has 3 aromatic rings. The topological polar surface area (TPSA) is 66.5 Å². The largest absolute Gasteiger partial charge is 0.322 e. The number of carbonyl (C=O) groups excluding carboxylic acids is 1. The van der Waals surface area contributed by atoms with Crippen LogP contribution in [0.2, 0.25) is 5.02 Å². The fraction of sp³-hybridized carbons (Fsp3) is 0.125. The Balaban J connectivity index is 1.98. The molecule has 0 aliphatic heterocycles. The zero-order valence-corrected chi connectivity index (χ0v) is 18.9. The Morgan fingerprint density at radius 1 is 1.06 bits per heavy atom. The lowest BCUT2D eigenvalue weighted by atomic mass is 10.1. The highest BCUT2D eigenvalue weighted by Crippen LogP contribution is 2.27. The van der Waals surface area contributed by atoms with Crippen molar-refractivity contribution in [3.63, 3.8) is 0 Å². The highest BCUT2D eigenvalue weighted by atomic mass is 35.5. The van der Waals surface area contributed by atoms with Crippen LogP contribution in [0.4, 0.5) is 11.4 Å². The van der Waals surface area contributed by atoms with Crippen LogP contribution in [0, 0.1) is 13.8 Å². The van der Waals surface area contributed by atoms with Crippen LogP contribution in [0.5, 0.6) is 0 Å². The molecule has 0 heterocycles. The van der Waals surface area contributed by atoms with Crippen molar-refractivity contribution in [3.8, 4) is 0 Å². The quantitative estimate of drug-likeness (QED) is 0.473. The monoisotopic (exact) mass is 454 g/mol. The van der Waals surface area contributed by atoms with Gasteiger partial charge in [0.25, 0.3) is 15.9 Å². The maximum atomic E-state index is 13.4. The maximum Gasteiger partial charge on any atom is 0.264 e. The third-order valence-electron chi connectivity index (χ3n) is 4.74. The van der Waals surface area contributed by atoms with E-state index in [4.69, 9.17) is 11.6 Å². The third-order valence-corrected chi connectivity index (χ3v) is 6.86. The highest BCUT2D eigenvalue weighted by Gasteiger charge is 2.26. The minimum atomic E-state index is -3.95. The molecular formula is C24H23ClN2O3S. The van der Waals surface area contributed by atoms with Crippen LogP contribution in [-0.4, -0.2) is 20.9 Å². The Bertz CT molecular complexity index is 1220. The van der Waals surface area contributed by atoms with Gasteiger partial charge in [0.05, 0.1) is 27.7 Å². The Labute approximate surface area is 188 Å². The van der Waals surface area contributed by atoms with Crippen LogP contribution in [0.1, 0.15) is 21.5 Å². The molecule has 31 heavy (non-hydrogen) atoms. The number of halogens is 1. The van der Waals surface area contributed by atoms with Gasteiger partial charge < -0.3 is 5.32 Å². The van der Waals surface area contributed by atoms with Crippen molar-refractivity contribution in [2.24, 2.45) is 0 Å². The van der Waals surface area contributed by atoms with E-state index in [-0.39, 0.29) is 22.0 Å². The molecule has 3 aromatic carbocycles. The first kappa shape index (κ1) is 22.6. The molecule has 0 aliphatic carbocycles. The molecule has 0 saturated heterocycles. The van der Waals surface area contributed by atoms with Crippen LogP contribution in [-0.2, 0) is 10.0 Å². The molecule has 3 rings (SSSR count). The van der Waals surface area contributed by atoms with E-state index >= 15 is 0 Å². The van der Waals surface area contributed by atoms with Crippen molar-refractivity contribution in [1.82, 2.24) is 0 Å². The minimum absolute atomic E-state index is 0.0339. The number of nitrogens with zero attached hydrogens (tertiary/aromatic N) is 1. The summed E-state index contributed by atoms with van der Waals surface area (Å²) in [5.41, 5.74) is 3.18. The molecule has 0 fully saturated rings. The van der Waals surface area contributed by atoms with Crippen LogP contribution in [0.3, 0.4) is 0 Å². The van der Waals surface area contributed by atoms with E-state index < -0.39 is 15.9 Å². The first-order valence-electron chi connectivity index (χ1n) is 9.61. The number of benzene rings is 3. The molecule has 0 bridgehead atoms. The van der Waals surface area contributed by atoms with Gasteiger partial charge in [0, 0.05) is 5.69 Å². The number of aryl methyl sites for hydroxylation is 2. The van der Waals surface area contributed by atoms with Gasteiger partial charge in [-0.3, -0.25) is 9.10 Å². The summed E-state index contributed by atoms with van der Waals surface area (Å²) in [6, 6.07) is 18.5. The summed E-state index contributed by atoms with van der Waals surface area (Å²) in [7, 11) is -3.95. The lowest BCUT2D eigenvalue weighted by Crippen LogP contribution is -2.31. The number of hydrogen-bond acceptors (Lipinski definition) is 3. The van der Waals surface area contributed by atoms with Crippen molar-refractivity contribution >= 4 is 38.9 Å². The third kappa shape index (κ3) is 4.98. The van der Waals surface area contributed by atoms with Crippen molar-refractivity contribution in [1.29, 1.82) is 0 Å². The molecule has 1 N–H and O–H groups in total. The van der Waals surface area contributed by atoms with Gasteiger partial charge in [-0.15, -0.1) is 6.58 Å². The van der Waals surface area contributed by atoms with Gasteiger partial charge in [-0.1, -0.05) is 53.6 Å². The Hall–Kier alpha value is -3.09. The number of anilines is 2. The standard InChI is InChI=1S/C24H23ClN2O3S/c1-4-14-27(19-8-6-5-7-9-19)31(29,30)20-11-12-22(25)21(16-20)24(28)26-23-13-10-17(2)15-18(23)3/h4-13,15-16H,1,14H2,2-3H3,(H,26,28). The summed E-state index contributed by atoms with van der Waals surface area (Å²) in [6.45, 7) is 7.60. The van der Waals surface area contributed by atoms with Crippen LogP contribution in [0.25, 0.3) is 0 Å². The van der Waals surface area contributed by atoms with E-state index in [1.807, 2.05) is 26.0 Å². The number of hydrogen-bond donors (Lipinski definition) is 1. The van der Waals surface area contributed by atoms with E-state index in [1.165, 1.54) is 28.6 Å². The van der Waals surface area contributed by atoms with Gasteiger partial charge in [0.2, 0.25) is 0 Å². The smallest absolute Gasteiger partial charge is 0.264 e. The van der Waals surface area contributed by atoms with Crippen molar-refractivity contribution in [3.05, 3.63) is 101 Å². The Morgan fingerprint density at radius 3 is 2.42 bits per heavy atom. The number of amides is 1. The van der Waals surface area contributed by atoms with E-state index in [0.717, 1.165) is 11.1 Å². The summed E-state index contributed by atoms with van der Waals surface area (Å²) < 4.78 is 28.0. The summed E-state index contributed by atoms with van der Waals surface area (Å²) >= 11 is 6.24. The Morgan fingerprint density at radius 2 is 1.77 bits per heavy atom. The second kappa shape index (κ2) is 9.37. The molecule has 0 spiro atoms. The molecule has 0 radical (unpaired) electrons. The second-order valence-corrected chi connectivity index (χ2v) is 9.34. The molecule has 0 aromatic heterocycles. The molecule has 0 aliphatic rings. The van der Waals surface area contributed by atoms with E-state index in [2.05, 4.69) is 11.9 Å². The number of carbonyl (C=O) groups is 1. The normalized spacial score (nSPS) is 11.1. The molecule has 160 valence electrons. The number of nitrogens with one attached hydrogen (secondary N) is 1. The Kier molecular flexibility index (Phi) is 6.83. The number of para-hydroxylation sites is 1. The molecular weight excluding hydrogens is 432 g/mol. The van der Waals surface area contributed by atoms with E-state index in [1.54, 1.807) is 36.4 Å². The number of rotatable bonds is 7. The minimum Gasteiger partial charge on any atom is -0.322 e. The van der Waals surface area contributed by atoms with Crippen molar-refractivity contribution < 1.29 is 13.2 Å². The van der Waals surface area contributed by atoms with Gasteiger partial charge in [0.15, 0.2) is 0 Å². The lowest BCUT2D eigenvalue weighted by Gasteiger charge is -2.23. The average molecular weight is 455 g/mol. The second-order valence-electron chi connectivity index (χ2n) is 7.07. The van der Waals surface area contributed by atoms with E-state index in [9.17, 15) is 13.2 Å². The van der Waals surface area contributed by atoms with Gasteiger partial charge in [-0.2, -0.15) is 0 Å². The molecule has 7 heteroatoms. The summed E-state index contributed by atoms with van der Waals surface area (Å²) in [6.07, 6.45) is 1.51. The number of sulfonamides is 1. The fourth-order valence-corrected chi connectivity index (χ4v) is 4.83. The lowest BCUT2D eigenvalue weighted by molar-refractivity contribution is 0.102. The maximum absolute atomic E-state index is 13.4. The van der Waals surface area contributed by atoms with Crippen molar-refractivity contribution in [2.75, 3.05) is 16.2 Å². The van der Waals surface area contributed by atoms with Crippen molar-refractivity contribution in [2.45, 2.75) is 18.7 Å². The zero-order valence-electron chi connectivity index (χ0n) is 17.3. The average Bonchev–Trinajstić information content (AvgIpc) is 2.74.